The lowest BCUT2D eigenvalue weighted by Crippen LogP contribution is -2.18. The van der Waals surface area contributed by atoms with Crippen LogP contribution in [-0.4, -0.2) is 15.0 Å². The van der Waals surface area contributed by atoms with Crippen molar-refractivity contribution in [2.45, 2.75) is 6.04 Å². The van der Waals surface area contributed by atoms with Gasteiger partial charge in [0.05, 0.1) is 23.1 Å². The average molecular weight is 202 g/mol. The Balaban J connectivity index is 2.73. The van der Waals surface area contributed by atoms with Crippen LogP contribution in [0.1, 0.15) is 11.9 Å². The van der Waals surface area contributed by atoms with E-state index >= 15 is 0 Å². The summed E-state index contributed by atoms with van der Waals surface area (Å²) in [6.45, 7) is 3.54. The molecule has 0 aliphatic heterocycles. The van der Waals surface area contributed by atoms with E-state index in [1.165, 1.54) is 12.3 Å². The number of hydrogen-bond donors (Lipinski definition) is 2. The number of hydrogen-bond acceptors (Lipinski definition) is 4. The van der Waals surface area contributed by atoms with E-state index < -0.39 is 6.04 Å². The Bertz CT molecular complexity index is 561. The molecule has 0 aliphatic carbocycles. The number of rotatable bonds is 2. The third kappa shape index (κ3) is 1.64. The first-order chi connectivity index (χ1) is 7.22. The van der Waals surface area contributed by atoms with Crippen LogP contribution in [0.25, 0.3) is 10.9 Å². The number of fused-ring (bicyclic) bond motifs is 1. The van der Waals surface area contributed by atoms with Gasteiger partial charge in [0.1, 0.15) is 5.82 Å². The number of H-pyrrole nitrogens is 1. The molecule has 2 aromatic rings. The van der Waals surface area contributed by atoms with Crippen molar-refractivity contribution in [3.8, 4) is 0 Å². The summed E-state index contributed by atoms with van der Waals surface area (Å²) in [6, 6.07) is 1.15. The molecule has 3 N–H and O–H groups in total. The molecule has 0 saturated carbocycles. The molecular formula is C10H10N4O. The summed E-state index contributed by atoms with van der Waals surface area (Å²) in [4.78, 5) is 22.3. The van der Waals surface area contributed by atoms with E-state index in [0.717, 1.165) is 0 Å². The van der Waals surface area contributed by atoms with Crippen LogP contribution in [0.2, 0.25) is 0 Å². The second-order valence-corrected chi connectivity index (χ2v) is 3.11. The zero-order valence-electron chi connectivity index (χ0n) is 7.97. The predicted octanol–water partition coefficient (Wildman–Crippen LogP) is 0.504. The Morgan fingerprint density at radius 3 is 3.13 bits per heavy atom. The minimum absolute atomic E-state index is 0.213. The van der Waals surface area contributed by atoms with Crippen LogP contribution < -0.4 is 11.3 Å². The fraction of sp³-hybridized carbons (Fsp3) is 0.100. The lowest BCUT2D eigenvalue weighted by molar-refractivity contribution is 0.811. The highest BCUT2D eigenvalue weighted by Crippen LogP contribution is 2.08. The minimum Gasteiger partial charge on any atom is -0.318 e. The van der Waals surface area contributed by atoms with Crippen molar-refractivity contribution < 1.29 is 0 Å². The maximum absolute atomic E-state index is 11.6. The van der Waals surface area contributed by atoms with E-state index in [1.54, 1.807) is 12.3 Å². The molecule has 2 heterocycles. The maximum Gasteiger partial charge on any atom is 0.258 e. The summed E-state index contributed by atoms with van der Waals surface area (Å²) >= 11 is 0. The Kier molecular flexibility index (Phi) is 2.31. The second-order valence-electron chi connectivity index (χ2n) is 3.11. The van der Waals surface area contributed by atoms with Crippen LogP contribution in [-0.2, 0) is 0 Å². The third-order valence-corrected chi connectivity index (χ3v) is 2.10. The highest BCUT2D eigenvalue weighted by atomic mass is 16.1. The third-order valence-electron chi connectivity index (χ3n) is 2.10. The first-order valence-corrected chi connectivity index (χ1v) is 4.44. The quantitative estimate of drug-likeness (QED) is 0.694. The van der Waals surface area contributed by atoms with Gasteiger partial charge in [0.15, 0.2) is 0 Å². The normalized spacial score (nSPS) is 12.6. The molecule has 0 bridgehead atoms. The fourth-order valence-corrected chi connectivity index (χ4v) is 1.28. The molecule has 0 radical (unpaired) electrons. The Hall–Kier alpha value is -2.01. The zero-order chi connectivity index (χ0) is 10.8. The van der Waals surface area contributed by atoms with Crippen molar-refractivity contribution in [2.24, 2.45) is 5.73 Å². The van der Waals surface area contributed by atoms with Crippen LogP contribution >= 0.6 is 0 Å². The zero-order valence-corrected chi connectivity index (χ0v) is 7.97. The number of pyridine rings is 1. The monoisotopic (exact) mass is 202 g/mol. The van der Waals surface area contributed by atoms with Gasteiger partial charge in [-0.25, -0.2) is 4.98 Å². The Morgan fingerprint density at radius 2 is 2.40 bits per heavy atom. The summed E-state index contributed by atoms with van der Waals surface area (Å²) < 4.78 is 0. The molecule has 0 amide bonds. The van der Waals surface area contributed by atoms with Gasteiger partial charge >= 0.3 is 0 Å². The molecule has 0 aromatic carbocycles. The molecule has 5 nitrogen and oxygen atoms in total. The summed E-state index contributed by atoms with van der Waals surface area (Å²) in [7, 11) is 0. The first kappa shape index (κ1) is 9.54. The number of aromatic amines is 1. The average Bonchev–Trinajstić information content (AvgIpc) is 2.28. The highest BCUT2D eigenvalue weighted by molar-refractivity contribution is 5.75. The summed E-state index contributed by atoms with van der Waals surface area (Å²) in [6.07, 6.45) is 4.59. The van der Waals surface area contributed by atoms with Crippen LogP contribution in [0.15, 0.2) is 35.9 Å². The standard InChI is InChI=1S/C10H10N4O/c1-2-7(11)9-13-8-5-12-4-3-6(8)10(15)14-9/h2-5,7H,1,11H2,(H,13,14,15). The summed E-state index contributed by atoms with van der Waals surface area (Å²) in [5.41, 5.74) is 6.01. The number of nitrogens with two attached hydrogens (primary N) is 1. The predicted molar refractivity (Wildman–Crippen MR) is 57.3 cm³/mol. The van der Waals surface area contributed by atoms with Crippen LogP contribution in [0.5, 0.6) is 0 Å². The van der Waals surface area contributed by atoms with Gasteiger partial charge in [-0.2, -0.15) is 0 Å². The van der Waals surface area contributed by atoms with Gasteiger partial charge in [-0.1, -0.05) is 6.08 Å². The van der Waals surface area contributed by atoms with Gasteiger partial charge < -0.3 is 10.7 Å². The summed E-state index contributed by atoms with van der Waals surface area (Å²) in [5.74, 6) is 0.399. The molecule has 1 unspecified atom stereocenters. The molecule has 76 valence electrons. The molecule has 1 atom stereocenters. The van der Waals surface area contributed by atoms with Gasteiger partial charge in [0.25, 0.3) is 5.56 Å². The van der Waals surface area contributed by atoms with Crippen LogP contribution in [0.3, 0.4) is 0 Å². The highest BCUT2D eigenvalue weighted by Gasteiger charge is 2.07. The van der Waals surface area contributed by atoms with Gasteiger partial charge in [-0.3, -0.25) is 9.78 Å². The van der Waals surface area contributed by atoms with E-state index in [2.05, 4.69) is 21.5 Å². The molecule has 0 spiro atoms. The number of nitrogens with zero attached hydrogens (tertiary/aromatic N) is 2. The van der Waals surface area contributed by atoms with Gasteiger partial charge in [-0.15, -0.1) is 6.58 Å². The second kappa shape index (κ2) is 3.62. The topological polar surface area (TPSA) is 84.7 Å². The molecule has 0 fully saturated rings. The van der Waals surface area contributed by atoms with E-state index in [9.17, 15) is 4.79 Å². The van der Waals surface area contributed by atoms with Gasteiger partial charge in [0, 0.05) is 6.20 Å². The van der Waals surface area contributed by atoms with E-state index in [1.807, 2.05) is 0 Å². The molecule has 0 aliphatic rings. The summed E-state index contributed by atoms with van der Waals surface area (Å²) in [5, 5.41) is 0.505. The molecule has 0 saturated heterocycles. The SMILES string of the molecule is C=CC(N)c1nc2cnccc2c(=O)[nH]1. The number of nitrogens with one attached hydrogen (secondary N) is 1. The van der Waals surface area contributed by atoms with Gasteiger partial charge in [-0.05, 0) is 6.07 Å². The van der Waals surface area contributed by atoms with E-state index in [4.69, 9.17) is 5.73 Å². The van der Waals surface area contributed by atoms with Crippen molar-refractivity contribution in [2.75, 3.05) is 0 Å². The largest absolute Gasteiger partial charge is 0.318 e. The lowest BCUT2D eigenvalue weighted by Gasteiger charge is -2.05. The molecular weight excluding hydrogens is 192 g/mol. The Morgan fingerprint density at radius 1 is 1.60 bits per heavy atom. The molecule has 2 aromatic heterocycles. The first-order valence-electron chi connectivity index (χ1n) is 4.44. The van der Waals surface area contributed by atoms with Crippen molar-refractivity contribution in [1.29, 1.82) is 0 Å². The fourth-order valence-electron chi connectivity index (χ4n) is 1.28. The number of aromatic nitrogens is 3. The molecule has 15 heavy (non-hydrogen) atoms. The van der Waals surface area contributed by atoms with E-state index in [-0.39, 0.29) is 5.56 Å². The van der Waals surface area contributed by atoms with Crippen molar-refractivity contribution in [3.05, 3.63) is 47.3 Å². The smallest absolute Gasteiger partial charge is 0.258 e. The molecule has 2 rings (SSSR count). The lowest BCUT2D eigenvalue weighted by atomic mass is 10.2. The van der Waals surface area contributed by atoms with Gasteiger partial charge in [0.2, 0.25) is 0 Å². The van der Waals surface area contributed by atoms with Crippen LogP contribution in [0, 0.1) is 0 Å². The van der Waals surface area contributed by atoms with Crippen LogP contribution in [0.4, 0.5) is 0 Å². The minimum atomic E-state index is -0.470. The maximum atomic E-state index is 11.6. The van der Waals surface area contributed by atoms with Crippen molar-refractivity contribution in [1.82, 2.24) is 15.0 Å². The van der Waals surface area contributed by atoms with Crippen molar-refractivity contribution >= 4 is 10.9 Å². The Labute approximate surface area is 85.7 Å². The molecule has 5 heteroatoms. The van der Waals surface area contributed by atoms with Crippen molar-refractivity contribution in [3.63, 3.8) is 0 Å². The van der Waals surface area contributed by atoms with E-state index in [0.29, 0.717) is 16.7 Å².